The number of nitrogens with zero attached hydrogens (tertiary/aromatic N) is 6. The molecule has 0 saturated carbocycles. The number of ether oxygens (including phenoxy) is 2. The maximum atomic E-state index is 12.8. The van der Waals surface area contributed by atoms with Crippen LogP contribution in [0.25, 0.3) is 0 Å². The molecule has 0 aliphatic carbocycles. The molecule has 4 amide bonds. The minimum Gasteiger partial charge on any atom is -0.477 e. The number of aromatic nitrogens is 4. The SMILES string of the molecule is CCOc1cnc(NC(=O)N(C)[C@@H]2CCCN(c3nccc(OC(=O)NC[C@@H]4CCC(=O)N4)n3)C2)cn1. The van der Waals surface area contributed by atoms with Gasteiger partial charge in [0.25, 0.3) is 0 Å². The lowest BCUT2D eigenvalue weighted by atomic mass is 10.1. The van der Waals surface area contributed by atoms with Crippen molar-refractivity contribution in [2.24, 2.45) is 0 Å². The Morgan fingerprint density at radius 2 is 2.08 bits per heavy atom. The first kappa shape index (κ1) is 25.9. The fourth-order valence-electron chi connectivity index (χ4n) is 4.13. The number of piperidine rings is 1. The fraction of sp³-hybridized carbons (Fsp3) is 0.522. The molecule has 4 heterocycles. The second-order valence-electron chi connectivity index (χ2n) is 8.72. The Morgan fingerprint density at radius 1 is 1.22 bits per heavy atom. The second-order valence-corrected chi connectivity index (χ2v) is 8.72. The van der Waals surface area contributed by atoms with E-state index in [0.29, 0.717) is 50.2 Å². The minimum atomic E-state index is -0.656. The Labute approximate surface area is 214 Å². The van der Waals surface area contributed by atoms with Crippen molar-refractivity contribution >= 4 is 29.8 Å². The van der Waals surface area contributed by atoms with Crippen LogP contribution in [0.3, 0.4) is 0 Å². The van der Waals surface area contributed by atoms with Gasteiger partial charge in [-0.25, -0.2) is 24.5 Å². The predicted molar refractivity (Wildman–Crippen MR) is 132 cm³/mol. The lowest BCUT2D eigenvalue weighted by Crippen LogP contribution is -2.50. The Morgan fingerprint density at radius 3 is 2.81 bits per heavy atom. The predicted octanol–water partition coefficient (Wildman–Crippen LogP) is 1.17. The van der Waals surface area contributed by atoms with E-state index < -0.39 is 6.09 Å². The molecule has 0 radical (unpaired) electrons. The van der Waals surface area contributed by atoms with Gasteiger partial charge in [-0.05, 0) is 26.2 Å². The van der Waals surface area contributed by atoms with Crippen molar-refractivity contribution in [2.45, 2.75) is 44.7 Å². The molecule has 2 fully saturated rings. The summed E-state index contributed by atoms with van der Waals surface area (Å²) in [6.45, 7) is 3.83. The average molecular weight is 514 g/mol. The molecular weight excluding hydrogens is 482 g/mol. The Balaban J connectivity index is 1.29. The number of nitrogens with one attached hydrogen (secondary N) is 3. The normalized spacial score (nSPS) is 19.1. The van der Waals surface area contributed by atoms with Crippen LogP contribution in [0.4, 0.5) is 21.4 Å². The summed E-state index contributed by atoms with van der Waals surface area (Å²) in [7, 11) is 1.73. The smallest absolute Gasteiger partial charge is 0.414 e. The highest BCUT2D eigenvalue weighted by molar-refractivity contribution is 5.88. The number of carbonyl (C=O) groups excluding carboxylic acids is 3. The highest BCUT2D eigenvalue weighted by atomic mass is 16.6. The number of hydrogen-bond donors (Lipinski definition) is 3. The van der Waals surface area contributed by atoms with Gasteiger partial charge >= 0.3 is 12.1 Å². The highest BCUT2D eigenvalue weighted by Crippen LogP contribution is 2.21. The van der Waals surface area contributed by atoms with E-state index in [4.69, 9.17) is 9.47 Å². The first-order valence-electron chi connectivity index (χ1n) is 12.2. The minimum absolute atomic E-state index is 0.0200. The van der Waals surface area contributed by atoms with Crippen LogP contribution in [0.2, 0.25) is 0 Å². The summed E-state index contributed by atoms with van der Waals surface area (Å²) in [6, 6.07) is 1.00. The number of hydrogen-bond acceptors (Lipinski definition) is 10. The Bertz CT molecular complexity index is 1100. The van der Waals surface area contributed by atoms with Crippen molar-refractivity contribution in [3.8, 4) is 11.8 Å². The van der Waals surface area contributed by atoms with Crippen molar-refractivity contribution in [2.75, 3.05) is 43.5 Å². The molecule has 14 heteroatoms. The maximum Gasteiger partial charge on any atom is 0.414 e. The Hall–Kier alpha value is -4.23. The summed E-state index contributed by atoms with van der Waals surface area (Å²) < 4.78 is 10.6. The van der Waals surface area contributed by atoms with Gasteiger partial charge in [0.15, 0.2) is 5.82 Å². The zero-order valence-corrected chi connectivity index (χ0v) is 20.8. The number of likely N-dealkylation sites (N-methyl/N-ethyl adjacent to an activating group) is 1. The third-order valence-electron chi connectivity index (χ3n) is 6.10. The van der Waals surface area contributed by atoms with Crippen LogP contribution < -0.4 is 30.3 Å². The lowest BCUT2D eigenvalue weighted by molar-refractivity contribution is -0.119. The van der Waals surface area contributed by atoms with Crippen molar-refractivity contribution in [3.63, 3.8) is 0 Å². The van der Waals surface area contributed by atoms with Gasteiger partial charge in [-0.2, -0.15) is 4.98 Å². The van der Waals surface area contributed by atoms with Crippen LogP contribution in [-0.2, 0) is 4.79 Å². The summed E-state index contributed by atoms with van der Waals surface area (Å²) in [5.74, 6) is 1.22. The molecular formula is C23H31N9O5. The zero-order valence-electron chi connectivity index (χ0n) is 20.8. The number of amides is 4. The molecule has 2 aromatic rings. The molecule has 14 nitrogen and oxygen atoms in total. The first-order valence-corrected chi connectivity index (χ1v) is 12.2. The maximum absolute atomic E-state index is 12.8. The number of urea groups is 1. The third kappa shape index (κ3) is 7.15. The molecule has 0 unspecified atom stereocenters. The molecule has 2 aromatic heterocycles. The van der Waals surface area contributed by atoms with Gasteiger partial charge < -0.3 is 29.9 Å². The van der Waals surface area contributed by atoms with Crippen molar-refractivity contribution in [1.29, 1.82) is 0 Å². The van der Waals surface area contributed by atoms with E-state index in [9.17, 15) is 14.4 Å². The van der Waals surface area contributed by atoms with E-state index in [0.717, 1.165) is 12.8 Å². The molecule has 198 valence electrons. The molecule has 37 heavy (non-hydrogen) atoms. The largest absolute Gasteiger partial charge is 0.477 e. The van der Waals surface area contributed by atoms with Crippen molar-refractivity contribution in [1.82, 2.24) is 35.5 Å². The molecule has 2 atom stereocenters. The van der Waals surface area contributed by atoms with Gasteiger partial charge in [0.05, 0.1) is 25.0 Å². The van der Waals surface area contributed by atoms with Crippen LogP contribution in [0, 0.1) is 0 Å². The number of carbonyl (C=O) groups is 3. The van der Waals surface area contributed by atoms with Crippen molar-refractivity contribution < 1.29 is 23.9 Å². The lowest BCUT2D eigenvalue weighted by Gasteiger charge is -2.37. The topological polar surface area (TPSA) is 164 Å². The molecule has 0 aromatic carbocycles. The van der Waals surface area contributed by atoms with Crippen LogP contribution in [0.1, 0.15) is 32.6 Å². The van der Waals surface area contributed by atoms with E-state index >= 15 is 0 Å². The fourth-order valence-corrected chi connectivity index (χ4v) is 4.13. The molecule has 0 spiro atoms. The van der Waals surface area contributed by atoms with E-state index in [1.165, 1.54) is 24.7 Å². The van der Waals surface area contributed by atoms with Gasteiger partial charge in [-0.3, -0.25) is 10.1 Å². The summed E-state index contributed by atoms with van der Waals surface area (Å²) in [4.78, 5) is 56.8. The van der Waals surface area contributed by atoms with Gasteiger partial charge in [-0.15, -0.1) is 0 Å². The van der Waals surface area contributed by atoms with Crippen molar-refractivity contribution in [3.05, 3.63) is 24.7 Å². The van der Waals surface area contributed by atoms with Crippen LogP contribution in [0.5, 0.6) is 11.8 Å². The zero-order chi connectivity index (χ0) is 26.2. The molecule has 2 aliphatic rings. The number of anilines is 2. The standard InChI is InChI=1S/C23H31N9O5/c1-3-36-20-13-25-17(12-26-20)29-22(34)31(2)16-5-4-10-32(14-16)21-24-9-8-19(30-21)37-23(35)27-11-15-6-7-18(33)28-15/h8-9,12-13,15-16H,3-7,10-11,14H2,1-2H3,(H,27,35)(H,28,33)(H,25,29,34)/t15-,16+/m0/s1. The van der Waals surface area contributed by atoms with Crippen LogP contribution >= 0.6 is 0 Å². The summed E-state index contributed by atoms with van der Waals surface area (Å²) in [5, 5.41) is 8.17. The summed E-state index contributed by atoms with van der Waals surface area (Å²) in [5.41, 5.74) is 0. The van der Waals surface area contributed by atoms with Gasteiger partial charge in [0.2, 0.25) is 23.6 Å². The molecule has 2 aliphatic heterocycles. The van der Waals surface area contributed by atoms with Gasteiger partial charge in [0.1, 0.15) is 0 Å². The quantitative estimate of drug-likeness (QED) is 0.467. The van der Waals surface area contributed by atoms with Gasteiger partial charge in [0, 0.05) is 51.4 Å². The summed E-state index contributed by atoms with van der Waals surface area (Å²) in [6.07, 6.45) is 6.54. The highest BCUT2D eigenvalue weighted by Gasteiger charge is 2.28. The molecule has 0 bridgehead atoms. The first-order chi connectivity index (χ1) is 17.9. The molecule has 2 saturated heterocycles. The molecule has 4 rings (SSSR count). The number of rotatable bonds is 8. The van der Waals surface area contributed by atoms with E-state index in [1.807, 2.05) is 11.8 Å². The monoisotopic (exact) mass is 513 g/mol. The van der Waals surface area contributed by atoms with E-state index in [2.05, 4.69) is 35.9 Å². The van der Waals surface area contributed by atoms with Crippen LogP contribution in [0.15, 0.2) is 24.7 Å². The summed E-state index contributed by atoms with van der Waals surface area (Å²) >= 11 is 0. The average Bonchev–Trinajstić information content (AvgIpc) is 3.33. The van der Waals surface area contributed by atoms with E-state index in [-0.39, 0.29) is 36.4 Å². The molecule has 3 N–H and O–H groups in total. The van der Waals surface area contributed by atoms with Gasteiger partial charge in [-0.1, -0.05) is 0 Å². The Kier molecular flexibility index (Phi) is 8.48. The third-order valence-corrected chi connectivity index (χ3v) is 6.10. The van der Waals surface area contributed by atoms with E-state index in [1.54, 1.807) is 11.9 Å². The van der Waals surface area contributed by atoms with Crippen LogP contribution in [-0.4, -0.2) is 88.2 Å². The second kappa shape index (κ2) is 12.1.